The van der Waals surface area contributed by atoms with Crippen molar-refractivity contribution in [2.24, 2.45) is 11.3 Å². The zero-order valence-electron chi connectivity index (χ0n) is 11.4. The van der Waals surface area contributed by atoms with E-state index in [1.165, 1.54) is 19.3 Å². The highest BCUT2D eigenvalue weighted by molar-refractivity contribution is 5.81. The van der Waals surface area contributed by atoms with Gasteiger partial charge in [-0.2, -0.15) is 0 Å². The Morgan fingerprint density at radius 1 is 1.41 bits per heavy atom. The van der Waals surface area contributed by atoms with Crippen LogP contribution in [-0.4, -0.2) is 25.5 Å². The van der Waals surface area contributed by atoms with Crippen molar-refractivity contribution >= 4 is 5.91 Å². The molecule has 3 heteroatoms. The van der Waals surface area contributed by atoms with Crippen molar-refractivity contribution in [3.8, 4) is 0 Å². The summed E-state index contributed by atoms with van der Waals surface area (Å²) in [4.78, 5) is 11.8. The molecule has 1 aliphatic rings. The first-order valence-electron chi connectivity index (χ1n) is 6.70. The molecule has 1 atom stereocenters. The maximum Gasteiger partial charge on any atom is 0.226 e. The second kappa shape index (κ2) is 6.80. The van der Waals surface area contributed by atoms with Crippen LogP contribution in [0.15, 0.2) is 12.2 Å². The van der Waals surface area contributed by atoms with Gasteiger partial charge >= 0.3 is 0 Å². The Bertz CT molecular complexity index is 271. The summed E-state index contributed by atoms with van der Waals surface area (Å²) in [7, 11) is 0. The topological polar surface area (TPSA) is 41.1 Å². The minimum Gasteiger partial charge on any atom is -0.356 e. The fourth-order valence-electron chi connectivity index (χ4n) is 2.11. The molecular formula is C14H26N2O. The van der Waals surface area contributed by atoms with Crippen molar-refractivity contribution in [1.29, 1.82) is 0 Å². The van der Waals surface area contributed by atoms with Crippen molar-refractivity contribution < 1.29 is 4.79 Å². The van der Waals surface area contributed by atoms with E-state index in [1.54, 1.807) is 0 Å². The molecule has 0 spiro atoms. The molecule has 3 nitrogen and oxygen atoms in total. The molecule has 0 heterocycles. The number of amides is 1. The molecule has 1 aliphatic carbocycles. The van der Waals surface area contributed by atoms with Crippen LogP contribution in [0.2, 0.25) is 0 Å². The van der Waals surface area contributed by atoms with E-state index in [4.69, 9.17) is 0 Å². The Morgan fingerprint density at radius 3 is 2.76 bits per heavy atom. The lowest BCUT2D eigenvalue weighted by Gasteiger charge is -2.25. The number of carbonyl (C=O) groups excluding carboxylic acids is 1. The molecular weight excluding hydrogens is 212 g/mol. The summed E-state index contributed by atoms with van der Waals surface area (Å²) in [5, 5.41) is 6.32. The standard InChI is InChI=1S/C14H26N2O/c1-4-16-13(17)14(2,3)11-15-10-12-8-6-5-7-9-12/h5-6,12,15H,4,7-11H2,1-3H3,(H,16,17)/t12-/m0/s1. The summed E-state index contributed by atoms with van der Waals surface area (Å²) in [5.41, 5.74) is -0.319. The van der Waals surface area contributed by atoms with E-state index in [9.17, 15) is 4.79 Å². The molecule has 0 fully saturated rings. The summed E-state index contributed by atoms with van der Waals surface area (Å²) in [6.07, 6.45) is 8.17. The lowest BCUT2D eigenvalue weighted by molar-refractivity contribution is -0.129. The quantitative estimate of drug-likeness (QED) is 0.696. The van der Waals surface area contributed by atoms with E-state index in [0.717, 1.165) is 19.0 Å². The van der Waals surface area contributed by atoms with E-state index in [2.05, 4.69) is 22.8 Å². The van der Waals surface area contributed by atoms with Gasteiger partial charge in [-0.05, 0) is 52.5 Å². The van der Waals surface area contributed by atoms with Crippen LogP contribution in [0.25, 0.3) is 0 Å². The maximum atomic E-state index is 11.8. The molecule has 0 aliphatic heterocycles. The first-order chi connectivity index (χ1) is 8.06. The van der Waals surface area contributed by atoms with Crippen LogP contribution < -0.4 is 10.6 Å². The van der Waals surface area contributed by atoms with E-state index in [-0.39, 0.29) is 11.3 Å². The molecule has 0 unspecified atom stereocenters. The summed E-state index contributed by atoms with van der Waals surface area (Å²) >= 11 is 0. The Morgan fingerprint density at radius 2 is 2.18 bits per heavy atom. The van der Waals surface area contributed by atoms with Gasteiger partial charge in [0.1, 0.15) is 0 Å². The van der Waals surface area contributed by atoms with Gasteiger partial charge in [0.25, 0.3) is 0 Å². The Balaban J connectivity index is 2.24. The molecule has 2 N–H and O–H groups in total. The maximum absolute atomic E-state index is 11.8. The van der Waals surface area contributed by atoms with Crippen molar-refractivity contribution in [1.82, 2.24) is 10.6 Å². The fourth-order valence-corrected chi connectivity index (χ4v) is 2.11. The van der Waals surface area contributed by atoms with Gasteiger partial charge < -0.3 is 10.6 Å². The zero-order valence-corrected chi connectivity index (χ0v) is 11.4. The second-order valence-corrected chi connectivity index (χ2v) is 5.52. The molecule has 1 amide bonds. The molecule has 0 aromatic rings. The van der Waals surface area contributed by atoms with Crippen LogP contribution >= 0.6 is 0 Å². The summed E-state index contributed by atoms with van der Waals surface area (Å²) in [6, 6.07) is 0. The van der Waals surface area contributed by atoms with Gasteiger partial charge in [0.05, 0.1) is 5.41 Å². The van der Waals surface area contributed by atoms with Gasteiger partial charge in [-0.3, -0.25) is 4.79 Å². The lowest BCUT2D eigenvalue weighted by Crippen LogP contribution is -2.44. The summed E-state index contributed by atoms with van der Waals surface area (Å²) in [5.74, 6) is 0.876. The Hall–Kier alpha value is -0.830. The summed E-state index contributed by atoms with van der Waals surface area (Å²) < 4.78 is 0. The molecule has 0 bridgehead atoms. The average molecular weight is 238 g/mol. The molecule has 1 rings (SSSR count). The van der Waals surface area contributed by atoms with Crippen molar-refractivity contribution in [3.05, 3.63) is 12.2 Å². The minimum atomic E-state index is -0.319. The van der Waals surface area contributed by atoms with E-state index < -0.39 is 0 Å². The Kier molecular flexibility index (Phi) is 5.69. The third-order valence-electron chi connectivity index (χ3n) is 3.33. The van der Waals surface area contributed by atoms with E-state index in [0.29, 0.717) is 6.54 Å². The number of allylic oxidation sites excluding steroid dienone is 2. The van der Waals surface area contributed by atoms with Crippen LogP contribution in [0, 0.1) is 11.3 Å². The van der Waals surface area contributed by atoms with E-state index in [1.807, 2.05) is 20.8 Å². The molecule has 0 aromatic carbocycles. The predicted molar refractivity (Wildman–Crippen MR) is 71.8 cm³/mol. The van der Waals surface area contributed by atoms with Gasteiger partial charge in [0.15, 0.2) is 0 Å². The SMILES string of the molecule is CCNC(=O)C(C)(C)CNC[C@H]1CC=CCC1. The first-order valence-corrected chi connectivity index (χ1v) is 6.70. The Labute approximate surface area is 105 Å². The predicted octanol–water partition coefficient (Wildman–Crippen LogP) is 2.09. The molecule has 0 saturated heterocycles. The van der Waals surface area contributed by atoms with Gasteiger partial charge in [-0.1, -0.05) is 12.2 Å². The fraction of sp³-hybridized carbons (Fsp3) is 0.786. The third kappa shape index (κ3) is 4.90. The van der Waals surface area contributed by atoms with Crippen LogP contribution in [0.3, 0.4) is 0 Å². The van der Waals surface area contributed by atoms with Crippen molar-refractivity contribution in [2.45, 2.75) is 40.0 Å². The highest BCUT2D eigenvalue weighted by Gasteiger charge is 2.26. The monoisotopic (exact) mass is 238 g/mol. The molecule has 98 valence electrons. The van der Waals surface area contributed by atoms with Crippen molar-refractivity contribution in [2.75, 3.05) is 19.6 Å². The highest BCUT2D eigenvalue weighted by atomic mass is 16.2. The largest absolute Gasteiger partial charge is 0.356 e. The normalized spacial score (nSPS) is 20.3. The number of nitrogens with one attached hydrogen (secondary N) is 2. The molecule has 17 heavy (non-hydrogen) atoms. The average Bonchev–Trinajstić information content (AvgIpc) is 2.30. The first kappa shape index (κ1) is 14.2. The van der Waals surface area contributed by atoms with Gasteiger partial charge in [0, 0.05) is 13.1 Å². The van der Waals surface area contributed by atoms with Crippen molar-refractivity contribution in [3.63, 3.8) is 0 Å². The van der Waals surface area contributed by atoms with E-state index >= 15 is 0 Å². The number of carbonyl (C=O) groups is 1. The number of hydrogen-bond donors (Lipinski definition) is 2. The van der Waals surface area contributed by atoms with Crippen LogP contribution in [0.4, 0.5) is 0 Å². The van der Waals surface area contributed by atoms with Gasteiger partial charge in [-0.15, -0.1) is 0 Å². The smallest absolute Gasteiger partial charge is 0.226 e. The molecule has 0 radical (unpaired) electrons. The number of rotatable bonds is 6. The van der Waals surface area contributed by atoms with Gasteiger partial charge in [0.2, 0.25) is 5.91 Å². The zero-order chi connectivity index (χ0) is 12.7. The minimum absolute atomic E-state index is 0.135. The lowest BCUT2D eigenvalue weighted by atomic mass is 9.90. The third-order valence-corrected chi connectivity index (χ3v) is 3.33. The number of hydrogen-bond acceptors (Lipinski definition) is 2. The summed E-state index contributed by atoms with van der Waals surface area (Å²) in [6.45, 7) is 8.41. The second-order valence-electron chi connectivity index (χ2n) is 5.52. The van der Waals surface area contributed by atoms with Crippen LogP contribution in [0.5, 0.6) is 0 Å². The van der Waals surface area contributed by atoms with Crippen LogP contribution in [0.1, 0.15) is 40.0 Å². The molecule has 0 saturated carbocycles. The van der Waals surface area contributed by atoms with Gasteiger partial charge in [-0.25, -0.2) is 0 Å². The van der Waals surface area contributed by atoms with Crippen LogP contribution in [-0.2, 0) is 4.79 Å². The molecule has 0 aromatic heterocycles. The highest BCUT2D eigenvalue weighted by Crippen LogP contribution is 2.18.